The number of anilines is 1. The van der Waals surface area contributed by atoms with Crippen molar-refractivity contribution < 1.29 is 29.3 Å². The summed E-state index contributed by atoms with van der Waals surface area (Å²) < 4.78 is 4.75. The van der Waals surface area contributed by atoms with Gasteiger partial charge in [-0.25, -0.2) is 4.79 Å². The number of benzene rings is 1. The highest BCUT2D eigenvalue weighted by Gasteiger charge is 2.17. The van der Waals surface area contributed by atoms with E-state index >= 15 is 0 Å². The molecule has 0 aliphatic heterocycles. The third-order valence-electron chi connectivity index (χ3n) is 3.68. The van der Waals surface area contributed by atoms with Crippen LogP contribution in [0.3, 0.4) is 0 Å². The summed E-state index contributed by atoms with van der Waals surface area (Å²) in [5.41, 5.74) is 6.81. The molecule has 27 heavy (non-hydrogen) atoms. The number of amides is 2. The Bertz CT molecular complexity index is 606. The minimum Gasteiger partial charge on any atom is -0.480 e. The van der Waals surface area contributed by atoms with Crippen molar-refractivity contribution in [2.24, 2.45) is 5.73 Å². The standard InChI is InChI=1S/C18H27N3O6/c19-8-2-1-3-15(21-17(24)11-27-12-18(25)26)9-16(23)20-14-6-4-13(10-22)5-7-14/h4-7,15,22H,1-3,8-12,19H2,(H,20,23)(H,21,24)(H,25,26)/t15-/m1/s1. The van der Waals surface area contributed by atoms with E-state index in [4.69, 9.17) is 20.7 Å². The second-order valence-electron chi connectivity index (χ2n) is 6.04. The minimum atomic E-state index is -1.16. The zero-order chi connectivity index (χ0) is 20.1. The van der Waals surface area contributed by atoms with E-state index in [1.54, 1.807) is 24.3 Å². The summed E-state index contributed by atoms with van der Waals surface area (Å²) in [4.78, 5) is 34.5. The number of aliphatic carboxylic acids is 1. The summed E-state index contributed by atoms with van der Waals surface area (Å²) >= 11 is 0. The van der Waals surface area contributed by atoms with Crippen LogP contribution in [0.15, 0.2) is 24.3 Å². The van der Waals surface area contributed by atoms with Crippen LogP contribution in [0.2, 0.25) is 0 Å². The van der Waals surface area contributed by atoms with Gasteiger partial charge in [0, 0.05) is 18.2 Å². The summed E-state index contributed by atoms with van der Waals surface area (Å²) in [5.74, 6) is -1.90. The number of hydrogen-bond acceptors (Lipinski definition) is 6. The largest absolute Gasteiger partial charge is 0.480 e. The highest BCUT2D eigenvalue weighted by molar-refractivity contribution is 5.91. The molecule has 0 saturated carbocycles. The fourth-order valence-electron chi connectivity index (χ4n) is 2.39. The lowest BCUT2D eigenvalue weighted by atomic mass is 10.1. The van der Waals surface area contributed by atoms with Crippen molar-refractivity contribution >= 4 is 23.5 Å². The SMILES string of the molecule is NCCCC[C@H](CC(=O)Nc1ccc(CO)cc1)NC(=O)COCC(=O)O. The Hall–Kier alpha value is -2.49. The molecule has 0 saturated heterocycles. The van der Waals surface area contributed by atoms with Gasteiger partial charge in [0.15, 0.2) is 0 Å². The molecule has 9 nitrogen and oxygen atoms in total. The molecule has 0 aliphatic carbocycles. The Kier molecular flexibility index (Phi) is 10.7. The number of hydrogen-bond donors (Lipinski definition) is 5. The lowest BCUT2D eigenvalue weighted by Gasteiger charge is -2.18. The molecule has 0 aliphatic rings. The Balaban J connectivity index is 2.53. The molecule has 9 heteroatoms. The van der Waals surface area contributed by atoms with Gasteiger partial charge in [0.2, 0.25) is 11.8 Å². The van der Waals surface area contributed by atoms with E-state index in [2.05, 4.69) is 10.6 Å². The number of carbonyl (C=O) groups is 3. The minimum absolute atomic E-state index is 0.0665. The summed E-state index contributed by atoms with van der Waals surface area (Å²) in [5, 5.41) is 23.0. The first-order valence-corrected chi connectivity index (χ1v) is 8.73. The van der Waals surface area contributed by atoms with E-state index in [0.29, 0.717) is 18.7 Å². The van der Waals surface area contributed by atoms with Gasteiger partial charge in [0.05, 0.1) is 6.61 Å². The van der Waals surface area contributed by atoms with Crippen LogP contribution in [0.5, 0.6) is 0 Å². The fourth-order valence-corrected chi connectivity index (χ4v) is 2.39. The average Bonchev–Trinajstić information content (AvgIpc) is 2.62. The van der Waals surface area contributed by atoms with E-state index in [9.17, 15) is 14.4 Å². The van der Waals surface area contributed by atoms with Crippen LogP contribution >= 0.6 is 0 Å². The molecular formula is C18H27N3O6. The monoisotopic (exact) mass is 381 g/mol. The van der Waals surface area contributed by atoms with Gasteiger partial charge in [-0.2, -0.15) is 0 Å². The molecule has 0 spiro atoms. The maximum atomic E-state index is 12.2. The van der Waals surface area contributed by atoms with Crippen LogP contribution in [0.25, 0.3) is 0 Å². The number of carboxylic acid groups (broad SMARTS) is 1. The van der Waals surface area contributed by atoms with Crippen molar-refractivity contribution in [3.8, 4) is 0 Å². The maximum Gasteiger partial charge on any atom is 0.329 e. The highest BCUT2D eigenvalue weighted by Crippen LogP contribution is 2.11. The van der Waals surface area contributed by atoms with Gasteiger partial charge >= 0.3 is 5.97 Å². The normalized spacial score (nSPS) is 11.6. The molecule has 0 bridgehead atoms. The Morgan fingerprint density at radius 1 is 1.07 bits per heavy atom. The summed E-state index contributed by atoms with van der Waals surface area (Å²) in [6.45, 7) is -0.501. The molecule has 2 amide bonds. The van der Waals surface area contributed by atoms with Crippen LogP contribution in [0.1, 0.15) is 31.2 Å². The van der Waals surface area contributed by atoms with Gasteiger partial charge in [-0.05, 0) is 37.1 Å². The molecule has 0 fully saturated rings. The number of unbranched alkanes of at least 4 members (excludes halogenated alkanes) is 1. The molecule has 0 radical (unpaired) electrons. The van der Waals surface area contributed by atoms with E-state index in [0.717, 1.165) is 18.4 Å². The van der Waals surface area contributed by atoms with E-state index < -0.39 is 24.5 Å². The number of ether oxygens (including phenoxy) is 1. The second-order valence-corrected chi connectivity index (χ2v) is 6.04. The average molecular weight is 381 g/mol. The summed E-state index contributed by atoms with van der Waals surface area (Å²) in [6, 6.07) is 6.37. The predicted octanol–water partition coefficient (Wildman–Crippen LogP) is 0.223. The number of carboxylic acids is 1. The van der Waals surface area contributed by atoms with Crippen LogP contribution in [-0.2, 0) is 25.7 Å². The van der Waals surface area contributed by atoms with E-state index in [1.807, 2.05) is 0 Å². The highest BCUT2D eigenvalue weighted by atomic mass is 16.5. The van der Waals surface area contributed by atoms with Crippen molar-refractivity contribution in [1.29, 1.82) is 0 Å². The Morgan fingerprint density at radius 3 is 2.37 bits per heavy atom. The number of aliphatic hydroxyl groups excluding tert-OH is 1. The number of nitrogens with two attached hydrogens (primary N) is 1. The smallest absolute Gasteiger partial charge is 0.329 e. The molecule has 0 heterocycles. The third kappa shape index (κ3) is 10.3. The van der Waals surface area contributed by atoms with Crippen LogP contribution in [0, 0.1) is 0 Å². The van der Waals surface area contributed by atoms with Gasteiger partial charge in [-0.15, -0.1) is 0 Å². The second kappa shape index (κ2) is 12.8. The molecule has 0 aromatic heterocycles. The topological polar surface area (TPSA) is 151 Å². The van der Waals surface area contributed by atoms with Crippen molar-refractivity contribution in [1.82, 2.24) is 5.32 Å². The lowest BCUT2D eigenvalue weighted by molar-refractivity contribution is -0.143. The summed E-state index contributed by atoms with van der Waals surface area (Å²) in [7, 11) is 0. The zero-order valence-electron chi connectivity index (χ0n) is 15.1. The van der Waals surface area contributed by atoms with Crippen molar-refractivity contribution in [3.05, 3.63) is 29.8 Å². The van der Waals surface area contributed by atoms with Crippen molar-refractivity contribution in [3.63, 3.8) is 0 Å². The molecule has 1 atom stereocenters. The van der Waals surface area contributed by atoms with Gasteiger partial charge in [-0.1, -0.05) is 18.6 Å². The summed E-state index contributed by atoms with van der Waals surface area (Å²) in [6.07, 6.45) is 2.15. The first kappa shape index (κ1) is 22.6. The lowest BCUT2D eigenvalue weighted by Crippen LogP contribution is -2.40. The maximum absolute atomic E-state index is 12.2. The molecule has 1 aromatic rings. The van der Waals surface area contributed by atoms with Crippen molar-refractivity contribution in [2.75, 3.05) is 25.1 Å². The molecular weight excluding hydrogens is 354 g/mol. The van der Waals surface area contributed by atoms with Gasteiger partial charge < -0.3 is 31.3 Å². The van der Waals surface area contributed by atoms with E-state index in [-0.39, 0.29) is 25.5 Å². The third-order valence-corrected chi connectivity index (χ3v) is 3.68. The molecule has 6 N–H and O–H groups in total. The molecule has 1 aromatic carbocycles. The first-order valence-electron chi connectivity index (χ1n) is 8.73. The van der Waals surface area contributed by atoms with Crippen molar-refractivity contribution in [2.45, 2.75) is 38.3 Å². The van der Waals surface area contributed by atoms with Gasteiger partial charge in [0.25, 0.3) is 0 Å². The Morgan fingerprint density at radius 2 is 1.78 bits per heavy atom. The Labute approximate surface area is 157 Å². The van der Waals surface area contributed by atoms with Gasteiger partial charge in [0.1, 0.15) is 13.2 Å². The number of nitrogens with one attached hydrogen (secondary N) is 2. The number of rotatable bonds is 13. The van der Waals surface area contributed by atoms with Crippen LogP contribution in [-0.4, -0.2) is 53.8 Å². The molecule has 1 rings (SSSR count). The molecule has 0 unspecified atom stereocenters. The van der Waals surface area contributed by atoms with Gasteiger partial charge in [-0.3, -0.25) is 9.59 Å². The van der Waals surface area contributed by atoms with E-state index in [1.165, 1.54) is 0 Å². The quantitative estimate of drug-likeness (QED) is 0.307. The predicted molar refractivity (Wildman–Crippen MR) is 98.9 cm³/mol. The fraction of sp³-hybridized carbons (Fsp3) is 0.500. The number of carbonyl (C=O) groups excluding carboxylic acids is 2. The van der Waals surface area contributed by atoms with Crippen LogP contribution < -0.4 is 16.4 Å². The zero-order valence-corrected chi connectivity index (χ0v) is 15.1. The molecule has 150 valence electrons. The first-order chi connectivity index (χ1) is 12.9. The van der Waals surface area contributed by atoms with Crippen LogP contribution in [0.4, 0.5) is 5.69 Å². The number of aliphatic hydroxyl groups is 1.